The monoisotopic (exact) mass is 300 g/mol. The molecule has 1 aromatic heterocycles. The average Bonchev–Trinajstić information content (AvgIpc) is 2.88. The maximum atomic E-state index is 11.9. The van der Waals surface area contributed by atoms with E-state index in [9.17, 15) is 4.79 Å². The van der Waals surface area contributed by atoms with E-state index in [-0.39, 0.29) is 36.4 Å². The van der Waals surface area contributed by atoms with Gasteiger partial charge in [-0.25, -0.2) is 4.68 Å². The number of hydrogen-bond acceptors (Lipinski definition) is 6. The molecule has 2 heterocycles. The third-order valence-corrected chi connectivity index (χ3v) is 4.43. The van der Waals surface area contributed by atoms with Gasteiger partial charge in [0.15, 0.2) is 0 Å². The fourth-order valence-electron chi connectivity index (χ4n) is 2.93. The molecule has 0 radical (unpaired) electrons. The minimum absolute atomic E-state index is 0.00144. The molecule has 1 saturated heterocycles. The smallest absolute Gasteiger partial charge is 0.287 e. The number of ether oxygens (including phenoxy) is 1. The molecule has 4 atom stereocenters. The van der Waals surface area contributed by atoms with Crippen molar-refractivity contribution < 1.29 is 9.84 Å². The summed E-state index contributed by atoms with van der Waals surface area (Å²) in [6.45, 7) is 0.683. The Kier molecular flexibility index (Phi) is 3.68. The van der Waals surface area contributed by atoms with Crippen molar-refractivity contribution in [1.29, 1.82) is 0 Å². The van der Waals surface area contributed by atoms with Gasteiger partial charge in [-0.1, -0.05) is 11.6 Å². The summed E-state index contributed by atoms with van der Waals surface area (Å²) in [6, 6.07) is -0.0478. The molecule has 4 unspecified atom stereocenters. The molecule has 0 spiro atoms. The quantitative estimate of drug-likeness (QED) is 0.687. The highest BCUT2D eigenvalue weighted by Crippen LogP contribution is 2.39. The van der Waals surface area contributed by atoms with Crippen molar-refractivity contribution in [2.24, 2.45) is 11.7 Å². The second-order valence-electron chi connectivity index (χ2n) is 5.16. The summed E-state index contributed by atoms with van der Waals surface area (Å²) in [4.78, 5) is 11.9. The van der Waals surface area contributed by atoms with Gasteiger partial charge in [0.25, 0.3) is 5.56 Å². The lowest BCUT2D eigenvalue weighted by Gasteiger charge is -2.46. The zero-order chi connectivity index (χ0) is 14.3. The van der Waals surface area contributed by atoms with Crippen LogP contribution in [0.25, 0.3) is 0 Å². The summed E-state index contributed by atoms with van der Waals surface area (Å²) in [6.07, 6.45) is 2.54. The average molecular weight is 301 g/mol. The summed E-state index contributed by atoms with van der Waals surface area (Å²) in [5.74, 6) is 0.383. The first-order valence-corrected chi connectivity index (χ1v) is 7.01. The van der Waals surface area contributed by atoms with Gasteiger partial charge in [-0.05, 0) is 6.42 Å². The molecule has 7 nitrogen and oxygen atoms in total. The summed E-state index contributed by atoms with van der Waals surface area (Å²) in [5.41, 5.74) is 6.13. The standard InChI is InChI=1S/C12H17ClN4O3/c13-8-7(5-15-17(2-3-18)12(8)19)16-10-9(14)6-1-4-20-11(6)10/h5-6,9-11,16,18H,1-4,14H2. The molecule has 0 bridgehead atoms. The van der Waals surface area contributed by atoms with Gasteiger partial charge in [0.05, 0.1) is 37.2 Å². The van der Waals surface area contributed by atoms with E-state index in [1.165, 1.54) is 6.20 Å². The van der Waals surface area contributed by atoms with Crippen LogP contribution < -0.4 is 16.6 Å². The van der Waals surface area contributed by atoms with E-state index in [0.717, 1.165) is 17.7 Å². The minimum atomic E-state index is -0.428. The number of aliphatic hydroxyl groups is 1. The fourth-order valence-corrected chi connectivity index (χ4v) is 3.13. The molecule has 1 saturated carbocycles. The van der Waals surface area contributed by atoms with Crippen LogP contribution in [-0.4, -0.2) is 46.3 Å². The Morgan fingerprint density at radius 2 is 2.45 bits per heavy atom. The van der Waals surface area contributed by atoms with E-state index >= 15 is 0 Å². The fraction of sp³-hybridized carbons (Fsp3) is 0.667. The Balaban J connectivity index is 1.78. The summed E-state index contributed by atoms with van der Waals surface area (Å²) >= 11 is 6.05. The molecule has 2 aliphatic rings. The molecule has 1 aliphatic carbocycles. The molecule has 1 aliphatic heterocycles. The second-order valence-corrected chi connectivity index (χ2v) is 5.54. The Morgan fingerprint density at radius 3 is 3.20 bits per heavy atom. The predicted octanol–water partition coefficient (Wildman–Crippen LogP) is -0.585. The number of nitrogens with two attached hydrogens (primary N) is 1. The van der Waals surface area contributed by atoms with E-state index in [4.69, 9.17) is 27.2 Å². The molecular weight excluding hydrogens is 284 g/mol. The van der Waals surface area contributed by atoms with E-state index in [0.29, 0.717) is 11.6 Å². The number of rotatable bonds is 4. The first kappa shape index (κ1) is 13.8. The Morgan fingerprint density at radius 1 is 1.65 bits per heavy atom. The number of halogens is 1. The summed E-state index contributed by atoms with van der Waals surface area (Å²) < 4.78 is 6.75. The normalized spacial score (nSPS) is 31.8. The van der Waals surface area contributed by atoms with E-state index in [2.05, 4.69) is 10.4 Å². The van der Waals surface area contributed by atoms with Crippen LogP contribution in [0.3, 0.4) is 0 Å². The van der Waals surface area contributed by atoms with Crippen LogP contribution in [0, 0.1) is 5.92 Å². The first-order valence-electron chi connectivity index (χ1n) is 6.63. The number of nitrogens with one attached hydrogen (secondary N) is 1. The number of aliphatic hydroxyl groups excluding tert-OH is 1. The van der Waals surface area contributed by atoms with Gasteiger partial charge in [0, 0.05) is 18.6 Å². The Labute approximate surface area is 120 Å². The van der Waals surface area contributed by atoms with Crippen LogP contribution in [0.5, 0.6) is 0 Å². The first-order chi connectivity index (χ1) is 9.63. The molecule has 3 rings (SSSR count). The van der Waals surface area contributed by atoms with Crippen LogP contribution in [-0.2, 0) is 11.3 Å². The number of nitrogens with zero attached hydrogens (tertiary/aromatic N) is 2. The highest BCUT2D eigenvalue weighted by molar-refractivity contribution is 6.32. The molecule has 2 fully saturated rings. The van der Waals surface area contributed by atoms with Crippen molar-refractivity contribution in [3.05, 3.63) is 21.6 Å². The van der Waals surface area contributed by atoms with Gasteiger partial charge in [-0.15, -0.1) is 0 Å². The molecule has 8 heteroatoms. The van der Waals surface area contributed by atoms with Gasteiger partial charge in [-0.2, -0.15) is 5.10 Å². The zero-order valence-electron chi connectivity index (χ0n) is 10.8. The van der Waals surface area contributed by atoms with Crippen LogP contribution >= 0.6 is 11.6 Å². The van der Waals surface area contributed by atoms with Gasteiger partial charge in [0.1, 0.15) is 5.02 Å². The maximum Gasteiger partial charge on any atom is 0.287 e. The SMILES string of the molecule is NC1C2CCOC2C1Nc1cnn(CCO)c(=O)c1Cl. The third kappa shape index (κ3) is 2.10. The van der Waals surface area contributed by atoms with Gasteiger partial charge < -0.3 is 20.9 Å². The number of anilines is 1. The largest absolute Gasteiger partial charge is 0.394 e. The van der Waals surface area contributed by atoms with Crippen LogP contribution in [0.2, 0.25) is 5.02 Å². The highest BCUT2D eigenvalue weighted by Gasteiger charge is 2.52. The topological polar surface area (TPSA) is 102 Å². The number of aromatic nitrogens is 2. The maximum absolute atomic E-state index is 11.9. The molecule has 4 N–H and O–H groups in total. The number of fused-ring (bicyclic) bond motifs is 1. The van der Waals surface area contributed by atoms with E-state index < -0.39 is 5.56 Å². The predicted molar refractivity (Wildman–Crippen MR) is 73.8 cm³/mol. The number of hydrogen-bond donors (Lipinski definition) is 3. The summed E-state index contributed by atoms with van der Waals surface area (Å²) in [5, 5.41) is 16.0. The van der Waals surface area contributed by atoms with E-state index in [1.54, 1.807) is 0 Å². The molecular formula is C12H17ClN4O3. The van der Waals surface area contributed by atoms with Crippen molar-refractivity contribution in [2.45, 2.75) is 31.2 Å². The van der Waals surface area contributed by atoms with Crippen LogP contribution in [0.1, 0.15) is 6.42 Å². The molecule has 1 aromatic rings. The van der Waals surface area contributed by atoms with Crippen molar-refractivity contribution in [2.75, 3.05) is 18.5 Å². The van der Waals surface area contributed by atoms with Crippen LogP contribution in [0.4, 0.5) is 5.69 Å². The van der Waals surface area contributed by atoms with Crippen molar-refractivity contribution in [3.63, 3.8) is 0 Å². The second kappa shape index (κ2) is 5.33. The molecule has 0 aromatic carbocycles. The van der Waals surface area contributed by atoms with Crippen molar-refractivity contribution in [3.8, 4) is 0 Å². The lowest BCUT2D eigenvalue weighted by molar-refractivity contribution is 0.00536. The van der Waals surface area contributed by atoms with Gasteiger partial charge in [0.2, 0.25) is 0 Å². The molecule has 20 heavy (non-hydrogen) atoms. The van der Waals surface area contributed by atoms with Gasteiger partial charge >= 0.3 is 0 Å². The Bertz CT molecular complexity index is 564. The minimum Gasteiger partial charge on any atom is -0.394 e. The Hall–Kier alpha value is -1.15. The lowest BCUT2D eigenvalue weighted by atomic mass is 9.72. The summed E-state index contributed by atoms with van der Waals surface area (Å²) in [7, 11) is 0. The van der Waals surface area contributed by atoms with Crippen LogP contribution in [0.15, 0.2) is 11.0 Å². The lowest BCUT2D eigenvalue weighted by Crippen LogP contribution is -2.65. The third-order valence-electron chi connectivity index (χ3n) is 4.07. The van der Waals surface area contributed by atoms with Crippen molar-refractivity contribution in [1.82, 2.24) is 9.78 Å². The molecule has 110 valence electrons. The zero-order valence-corrected chi connectivity index (χ0v) is 11.6. The van der Waals surface area contributed by atoms with E-state index in [1.807, 2.05) is 0 Å². The van der Waals surface area contributed by atoms with Crippen molar-refractivity contribution >= 4 is 17.3 Å². The van der Waals surface area contributed by atoms with Gasteiger partial charge in [-0.3, -0.25) is 4.79 Å². The molecule has 0 amide bonds. The highest BCUT2D eigenvalue weighted by atomic mass is 35.5.